The van der Waals surface area contributed by atoms with Crippen molar-refractivity contribution in [1.82, 2.24) is 14.8 Å². The van der Waals surface area contributed by atoms with Gasteiger partial charge >= 0.3 is 0 Å². The average molecular weight is 553 g/mol. The minimum Gasteiger partial charge on any atom is -0.379 e. The number of benzene rings is 1. The standard InChI is InChI=1S/C30H38F2N6O2/c1-4-29(12-15-37(19-39)16-13-29)36-24-7-14-34-27(40)25(24)26(33)35-22-5-6-23-20(2)38(18-21(23)17-22)28(3)8-10-30(31,32)11-9-28/h5-7,14,17,19H,2,4,8-13,15-16,18H2,1,3H3,(H2,33,35)(H2,34,36,40). The summed E-state index contributed by atoms with van der Waals surface area (Å²) in [6.07, 6.45) is 5.32. The van der Waals surface area contributed by atoms with Gasteiger partial charge in [-0.3, -0.25) is 15.0 Å². The van der Waals surface area contributed by atoms with Crippen LogP contribution in [0.4, 0.5) is 20.2 Å². The number of pyridine rings is 1. The molecular weight excluding hydrogens is 514 g/mol. The van der Waals surface area contributed by atoms with Gasteiger partial charge in [0.25, 0.3) is 5.56 Å². The zero-order valence-electron chi connectivity index (χ0n) is 23.2. The first-order chi connectivity index (χ1) is 19.0. The number of carbonyl (C=O) groups excluding carboxylic acids is 1. The number of amidine groups is 1. The van der Waals surface area contributed by atoms with E-state index in [0.29, 0.717) is 43.9 Å². The monoisotopic (exact) mass is 552 g/mol. The van der Waals surface area contributed by atoms with E-state index in [1.807, 2.05) is 25.1 Å². The van der Waals surface area contributed by atoms with Gasteiger partial charge in [-0.15, -0.1) is 0 Å². The molecule has 3 heterocycles. The maximum absolute atomic E-state index is 13.9. The number of likely N-dealkylation sites (tertiary alicyclic amines) is 1. The Balaban J connectivity index is 1.33. The molecule has 0 atom stereocenters. The molecule has 1 saturated carbocycles. The van der Waals surface area contributed by atoms with Gasteiger partial charge in [-0.05, 0) is 62.8 Å². The molecule has 3 aliphatic rings. The van der Waals surface area contributed by atoms with Gasteiger partial charge in [0.15, 0.2) is 0 Å². The Morgan fingerprint density at radius 1 is 1.15 bits per heavy atom. The Bertz CT molecular complexity index is 1370. The molecule has 4 N–H and O–H groups in total. The molecule has 1 saturated heterocycles. The maximum Gasteiger partial charge on any atom is 0.261 e. The summed E-state index contributed by atoms with van der Waals surface area (Å²) in [5, 5.41) is 15.5. The van der Waals surface area contributed by atoms with E-state index in [1.54, 1.807) is 17.2 Å². The average Bonchev–Trinajstić information content (AvgIpc) is 3.27. The van der Waals surface area contributed by atoms with E-state index in [2.05, 4.69) is 34.0 Å². The summed E-state index contributed by atoms with van der Waals surface area (Å²) in [5.74, 6) is -2.63. The number of amides is 1. The highest BCUT2D eigenvalue weighted by atomic mass is 19.3. The van der Waals surface area contributed by atoms with Gasteiger partial charge in [-0.2, -0.15) is 0 Å². The Labute approximate surface area is 233 Å². The van der Waals surface area contributed by atoms with E-state index in [0.717, 1.165) is 42.5 Å². The third-order valence-electron chi connectivity index (χ3n) is 9.24. The van der Waals surface area contributed by atoms with E-state index in [4.69, 9.17) is 5.41 Å². The van der Waals surface area contributed by atoms with Gasteiger partial charge in [0.2, 0.25) is 12.3 Å². The van der Waals surface area contributed by atoms with Crippen LogP contribution in [-0.4, -0.2) is 57.1 Å². The minimum atomic E-state index is -2.60. The van der Waals surface area contributed by atoms with E-state index in [-0.39, 0.29) is 40.9 Å². The summed E-state index contributed by atoms with van der Waals surface area (Å²) in [4.78, 5) is 30.7. The molecule has 2 aliphatic heterocycles. The number of halogens is 2. The molecule has 1 aromatic heterocycles. The van der Waals surface area contributed by atoms with Gasteiger partial charge in [0.05, 0.1) is 5.69 Å². The van der Waals surface area contributed by atoms with Crippen molar-refractivity contribution < 1.29 is 13.6 Å². The zero-order valence-corrected chi connectivity index (χ0v) is 23.2. The Hall–Kier alpha value is -3.69. The lowest BCUT2D eigenvalue weighted by atomic mass is 9.80. The fourth-order valence-electron chi connectivity index (χ4n) is 6.38. The minimum absolute atomic E-state index is 0.0315. The first-order valence-corrected chi connectivity index (χ1v) is 14.0. The molecule has 10 heteroatoms. The largest absolute Gasteiger partial charge is 0.379 e. The smallest absolute Gasteiger partial charge is 0.261 e. The van der Waals surface area contributed by atoms with Crippen LogP contribution in [0.2, 0.25) is 0 Å². The van der Waals surface area contributed by atoms with Gasteiger partial charge in [0.1, 0.15) is 11.4 Å². The summed E-state index contributed by atoms with van der Waals surface area (Å²) in [6, 6.07) is 7.51. The van der Waals surface area contributed by atoms with Crippen LogP contribution in [0.25, 0.3) is 5.70 Å². The van der Waals surface area contributed by atoms with Crippen LogP contribution < -0.4 is 16.2 Å². The molecule has 214 valence electrons. The molecular formula is C30H38F2N6O2. The first kappa shape index (κ1) is 27.9. The molecule has 0 unspecified atom stereocenters. The van der Waals surface area contributed by atoms with E-state index < -0.39 is 5.92 Å². The Morgan fingerprint density at radius 3 is 2.50 bits per heavy atom. The molecule has 0 bridgehead atoms. The summed E-state index contributed by atoms with van der Waals surface area (Å²) in [6.45, 7) is 10.2. The maximum atomic E-state index is 13.9. The summed E-state index contributed by atoms with van der Waals surface area (Å²) >= 11 is 0. The van der Waals surface area contributed by atoms with Crippen molar-refractivity contribution in [1.29, 1.82) is 5.41 Å². The van der Waals surface area contributed by atoms with Crippen molar-refractivity contribution in [3.05, 3.63) is 64.1 Å². The van der Waals surface area contributed by atoms with Crippen LogP contribution in [0.3, 0.4) is 0 Å². The third-order valence-corrected chi connectivity index (χ3v) is 9.24. The molecule has 8 nitrogen and oxygen atoms in total. The fourth-order valence-corrected chi connectivity index (χ4v) is 6.38. The highest BCUT2D eigenvalue weighted by Crippen LogP contribution is 2.47. The molecule has 0 radical (unpaired) electrons. The van der Waals surface area contributed by atoms with Crippen LogP contribution in [0.1, 0.15) is 75.5 Å². The molecule has 2 fully saturated rings. The Kier molecular flexibility index (Phi) is 7.22. The van der Waals surface area contributed by atoms with Gasteiger partial charge in [-0.25, -0.2) is 8.78 Å². The van der Waals surface area contributed by atoms with Gasteiger partial charge in [-0.1, -0.05) is 19.6 Å². The van der Waals surface area contributed by atoms with Crippen molar-refractivity contribution in [2.45, 2.75) is 82.3 Å². The van der Waals surface area contributed by atoms with E-state index >= 15 is 0 Å². The second-order valence-corrected chi connectivity index (χ2v) is 11.8. The lowest BCUT2D eigenvalue weighted by Gasteiger charge is -2.45. The van der Waals surface area contributed by atoms with Crippen molar-refractivity contribution in [2.24, 2.45) is 0 Å². The number of hydrogen-bond acceptors (Lipinski definition) is 5. The highest BCUT2D eigenvalue weighted by molar-refractivity contribution is 6.09. The highest BCUT2D eigenvalue weighted by Gasteiger charge is 2.45. The topological polar surface area (TPSA) is 104 Å². The predicted molar refractivity (Wildman–Crippen MR) is 154 cm³/mol. The molecule has 5 rings (SSSR count). The number of nitrogens with zero attached hydrogens (tertiary/aromatic N) is 2. The van der Waals surface area contributed by atoms with Gasteiger partial charge < -0.3 is 25.4 Å². The number of fused-ring (bicyclic) bond motifs is 1. The number of anilines is 2. The number of carbonyl (C=O) groups is 1. The number of hydrogen-bond donors (Lipinski definition) is 4. The van der Waals surface area contributed by atoms with Crippen LogP contribution in [0, 0.1) is 5.41 Å². The number of rotatable bonds is 7. The number of alkyl halides is 2. The number of piperidine rings is 1. The van der Waals surface area contributed by atoms with E-state index in [9.17, 15) is 18.4 Å². The predicted octanol–water partition coefficient (Wildman–Crippen LogP) is 5.38. The number of aromatic amines is 1. The molecule has 1 aliphatic carbocycles. The first-order valence-electron chi connectivity index (χ1n) is 14.0. The van der Waals surface area contributed by atoms with E-state index in [1.165, 1.54) is 0 Å². The molecule has 1 aromatic carbocycles. The van der Waals surface area contributed by atoms with Gasteiger partial charge in [0, 0.05) is 66.7 Å². The summed E-state index contributed by atoms with van der Waals surface area (Å²) < 4.78 is 27.7. The van der Waals surface area contributed by atoms with Crippen LogP contribution in [0.15, 0.2) is 41.8 Å². The van der Waals surface area contributed by atoms with Crippen LogP contribution in [0.5, 0.6) is 0 Å². The van der Waals surface area contributed by atoms with Crippen molar-refractivity contribution in [3.8, 4) is 0 Å². The zero-order chi connectivity index (χ0) is 28.7. The number of aromatic nitrogens is 1. The molecule has 1 amide bonds. The second-order valence-electron chi connectivity index (χ2n) is 11.8. The summed E-state index contributed by atoms with van der Waals surface area (Å²) in [7, 11) is 0. The fraction of sp³-hybridized carbons (Fsp3) is 0.500. The van der Waals surface area contributed by atoms with Crippen LogP contribution >= 0.6 is 0 Å². The Morgan fingerprint density at radius 2 is 1.85 bits per heavy atom. The third kappa shape index (κ3) is 5.23. The lowest BCUT2D eigenvalue weighted by Crippen LogP contribution is -2.49. The van der Waals surface area contributed by atoms with Crippen molar-refractivity contribution in [3.63, 3.8) is 0 Å². The SMILES string of the molecule is C=C1c2ccc(NC(=N)c3c(NC4(CC)CCN(C=O)CC4)cc[nH]c3=O)cc2CN1C1(C)CCC(F)(F)CC1. The van der Waals surface area contributed by atoms with Crippen molar-refractivity contribution >= 4 is 29.3 Å². The molecule has 40 heavy (non-hydrogen) atoms. The number of nitrogens with one attached hydrogen (secondary N) is 4. The van der Waals surface area contributed by atoms with Crippen molar-refractivity contribution in [2.75, 3.05) is 23.7 Å². The molecule has 2 aromatic rings. The quantitative estimate of drug-likeness (QED) is 0.210. The van der Waals surface area contributed by atoms with Crippen LogP contribution in [-0.2, 0) is 11.3 Å². The molecule has 0 spiro atoms. The second kappa shape index (κ2) is 10.4. The lowest BCUT2D eigenvalue weighted by molar-refractivity contribution is -0.119. The summed E-state index contributed by atoms with van der Waals surface area (Å²) in [5.41, 5.74) is 3.24. The number of H-pyrrole nitrogens is 1. The normalized spacial score (nSPS) is 21.1.